The van der Waals surface area contributed by atoms with Crippen LogP contribution in [0, 0.1) is 5.92 Å². The number of nitrogens with two attached hydrogens (primary N) is 2. The molecule has 0 spiro atoms. The van der Waals surface area contributed by atoms with Crippen molar-refractivity contribution in [2.45, 2.75) is 63.7 Å². The van der Waals surface area contributed by atoms with Gasteiger partial charge in [-0.05, 0) is 24.0 Å². The predicted molar refractivity (Wildman–Crippen MR) is 139 cm³/mol. The van der Waals surface area contributed by atoms with E-state index in [1.165, 1.54) is 0 Å². The molecule has 14 heteroatoms. The second kappa shape index (κ2) is 13.9. The van der Waals surface area contributed by atoms with Crippen LogP contribution in [-0.2, 0) is 35.2 Å². The molecule has 0 radical (unpaired) electrons. The average molecular weight is 547 g/mol. The summed E-state index contributed by atoms with van der Waals surface area (Å²) >= 11 is 0. The van der Waals surface area contributed by atoms with Gasteiger partial charge in [-0.3, -0.25) is 24.0 Å². The van der Waals surface area contributed by atoms with E-state index in [0.29, 0.717) is 5.56 Å². The molecule has 39 heavy (non-hydrogen) atoms. The Labute approximate surface area is 223 Å². The first-order valence-electron chi connectivity index (χ1n) is 12.2. The Morgan fingerprint density at radius 3 is 2.00 bits per heavy atom. The van der Waals surface area contributed by atoms with E-state index in [1.807, 2.05) is 13.8 Å². The molecule has 1 aromatic carbocycles. The molecule has 14 nitrogen and oxygen atoms in total. The van der Waals surface area contributed by atoms with Crippen molar-refractivity contribution < 1.29 is 39.0 Å². The number of amides is 4. The van der Waals surface area contributed by atoms with Gasteiger partial charge < -0.3 is 42.6 Å². The lowest BCUT2D eigenvalue weighted by molar-refractivity contribution is -0.143. The van der Waals surface area contributed by atoms with Gasteiger partial charge in [-0.2, -0.15) is 0 Å². The number of fused-ring (bicyclic) bond motifs is 1. The number of aromatic nitrogens is 1. The summed E-state index contributed by atoms with van der Waals surface area (Å²) in [7, 11) is 0. The van der Waals surface area contributed by atoms with Crippen molar-refractivity contribution in [3.63, 3.8) is 0 Å². The van der Waals surface area contributed by atoms with Crippen LogP contribution in [0.3, 0.4) is 0 Å². The van der Waals surface area contributed by atoms with Gasteiger partial charge >= 0.3 is 11.9 Å². The molecule has 1 aromatic heterocycles. The third-order valence-corrected chi connectivity index (χ3v) is 5.83. The van der Waals surface area contributed by atoms with Crippen molar-refractivity contribution in [2.75, 3.05) is 0 Å². The first-order chi connectivity index (χ1) is 18.3. The number of aliphatic carboxylic acids is 2. The first kappa shape index (κ1) is 30.8. The van der Waals surface area contributed by atoms with E-state index in [1.54, 1.807) is 30.5 Å². The molecule has 0 aliphatic carbocycles. The van der Waals surface area contributed by atoms with Crippen molar-refractivity contribution in [1.82, 2.24) is 20.9 Å². The number of benzene rings is 1. The van der Waals surface area contributed by atoms with Crippen LogP contribution in [0.2, 0.25) is 0 Å². The Morgan fingerprint density at radius 1 is 0.872 bits per heavy atom. The zero-order chi connectivity index (χ0) is 29.3. The third-order valence-electron chi connectivity index (χ3n) is 5.83. The number of para-hydroxylation sites is 1. The summed E-state index contributed by atoms with van der Waals surface area (Å²) in [5.74, 6) is -6.63. The molecule has 0 saturated carbocycles. The van der Waals surface area contributed by atoms with E-state index in [4.69, 9.17) is 11.5 Å². The van der Waals surface area contributed by atoms with Gasteiger partial charge in [-0.15, -0.1) is 0 Å². The summed E-state index contributed by atoms with van der Waals surface area (Å²) in [5.41, 5.74) is 12.4. The Morgan fingerprint density at radius 2 is 1.44 bits per heavy atom. The number of carbonyl (C=O) groups excluding carboxylic acids is 4. The number of carboxylic acids is 2. The topological polar surface area (TPSA) is 247 Å². The highest BCUT2D eigenvalue weighted by molar-refractivity contribution is 5.97. The van der Waals surface area contributed by atoms with Crippen molar-refractivity contribution in [2.24, 2.45) is 17.4 Å². The minimum absolute atomic E-state index is 0.0487. The van der Waals surface area contributed by atoms with Gasteiger partial charge in [-0.25, -0.2) is 4.79 Å². The molecule has 2 rings (SSSR count). The molecule has 0 aliphatic heterocycles. The molecule has 0 fully saturated rings. The van der Waals surface area contributed by atoms with E-state index in [-0.39, 0.29) is 18.8 Å². The molecule has 2 aromatic rings. The van der Waals surface area contributed by atoms with Crippen molar-refractivity contribution in [3.05, 3.63) is 36.0 Å². The maximum absolute atomic E-state index is 13.0. The second-order valence-corrected chi connectivity index (χ2v) is 9.59. The standard InChI is InChI=1S/C25H34N6O8/c1-12(2)7-15(26)22(35)29-18(10-21(33)34)24(37)30-17(9-20(27)32)23(36)31-19(25(38)39)8-13-11-28-16-6-4-3-5-14(13)16/h3-6,11-12,15,17-19,28H,7-10,26H2,1-2H3,(H2,27,32)(H,29,35)(H,30,37)(H,31,36)(H,33,34)(H,38,39). The summed E-state index contributed by atoms with van der Waals surface area (Å²) in [4.78, 5) is 76.2. The highest BCUT2D eigenvalue weighted by atomic mass is 16.4. The Balaban J connectivity index is 2.19. The molecule has 4 unspecified atom stereocenters. The first-order valence-corrected chi connectivity index (χ1v) is 12.2. The fraction of sp³-hybridized carbons (Fsp3) is 0.440. The number of carboxylic acid groups (broad SMARTS) is 2. The van der Waals surface area contributed by atoms with E-state index in [0.717, 1.165) is 10.9 Å². The van der Waals surface area contributed by atoms with Crippen LogP contribution >= 0.6 is 0 Å². The molecular weight excluding hydrogens is 512 g/mol. The predicted octanol–water partition coefficient (Wildman–Crippen LogP) is -1.03. The Kier molecular flexibility index (Phi) is 11.0. The molecule has 4 amide bonds. The zero-order valence-corrected chi connectivity index (χ0v) is 21.6. The number of carbonyl (C=O) groups is 6. The second-order valence-electron chi connectivity index (χ2n) is 9.59. The summed E-state index contributed by atoms with van der Waals surface area (Å²) < 4.78 is 0. The van der Waals surface area contributed by atoms with Gasteiger partial charge in [0.25, 0.3) is 0 Å². The lowest BCUT2D eigenvalue weighted by Gasteiger charge is -2.24. The van der Waals surface area contributed by atoms with Crippen LogP contribution in [0.15, 0.2) is 30.5 Å². The molecule has 212 valence electrons. The maximum Gasteiger partial charge on any atom is 0.326 e. The van der Waals surface area contributed by atoms with Crippen LogP contribution in [-0.4, -0.2) is 74.9 Å². The SMILES string of the molecule is CC(C)CC(N)C(=O)NC(CC(=O)O)C(=O)NC(CC(N)=O)C(=O)NC(Cc1c[nH]c2ccccc12)C(=O)O. The summed E-state index contributed by atoms with van der Waals surface area (Å²) in [6.07, 6.45) is 0.214. The van der Waals surface area contributed by atoms with E-state index >= 15 is 0 Å². The molecule has 10 N–H and O–H groups in total. The highest BCUT2D eigenvalue weighted by Gasteiger charge is 2.32. The van der Waals surface area contributed by atoms with Crippen LogP contribution in [0.1, 0.15) is 38.7 Å². The van der Waals surface area contributed by atoms with E-state index < -0.39 is 72.6 Å². The van der Waals surface area contributed by atoms with Crippen molar-refractivity contribution in [3.8, 4) is 0 Å². The van der Waals surface area contributed by atoms with Gasteiger partial charge in [0.15, 0.2) is 0 Å². The normalized spacial score (nSPS) is 14.2. The van der Waals surface area contributed by atoms with Crippen LogP contribution in [0.4, 0.5) is 0 Å². The Bertz CT molecular complexity index is 1230. The molecule has 0 bridgehead atoms. The highest BCUT2D eigenvalue weighted by Crippen LogP contribution is 2.19. The number of hydrogen-bond donors (Lipinski definition) is 8. The quantitative estimate of drug-likeness (QED) is 0.136. The zero-order valence-electron chi connectivity index (χ0n) is 21.6. The average Bonchev–Trinajstić information content (AvgIpc) is 3.24. The number of nitrogens with one attached hydrogen (secondary N) is 4. The fourth-order valence-electron chi connectivity index (χ4n) is 3.95. The van der Waals surface area contributed by atoms with Crippen LogP contribution in [0.5, 0.6) is 0 Å². The number of primary amides is 1. The van der Waals surface area contributed by atoms with Gasteiger partial charge in [-0.1, -0.05) is 32.0 Å². The number of hydrogen-bond acceptors (Lipinski definition) is 7. The van der Waals surface area contributed by atoms with Crippen LogP contribution in [0.25, 0.3) is 10.9 Å². The summed E-state index contributed by atoms with van der Waals surface area (Å²) in [5, 5.41) is 26.4. The van der Waals surface area contributed by atoms with E-state index in [2.05, 4.69) is 20.9 Å². The van der Waals surface area contributed by atoms with Gasteiger partial charge in [0.1, 0.15) is 18.1 Å². The number of H-pyrrole nitrogens is 1. The smallest absolute Gasteiger partial charge is 0.326 e. The lowest BCUT2D eigenvalue weighted by Crippen LogP contribution is -2.58. The van der Waals surface area contributed by atoms with E-state index in [9.17, 15) is 39.0 Å². The van der Waals surface area contributed by atoms with Crippen molar-refractivity contribution >= 4 is 46.5 Å². The molecular formula is C25H34N6O8. The Hall–Kier alpha value is -4.46. The summed E-state index contributed by atoms with van der Waals surface area (Å²) in [6.45, 7) is 3.65. The number of rotatable bonds is 15. The minimum Gasteiger partial charge on any atom is -0.481 e. The summed E-state index contributed by atoms with van der Waals surface area (Å²) in [6, 6.07) is 1.43. The van der Waals surface area contributed by atoms with Gasteiger partial charge in [0.2, 0.25) is 23.6 Å². The maximum atomic E-state index is 13.0. The fourth-order valence-corrected chi connectivity index (χ4v) is 3.95. The molecule has 1 heterocycles. The minimum atomic E-state index is -1.64. The largest absolute Gasteiger partial charge is 0.481 e. The molecule has 4 atom stereocenters. The van der Waals surface area contributed by atoms with Crippen molar-refractivity contribution in [1.29, 1.82) is 0 Å². The van der Waals surface area contributed by atoms with Crippen LogP contribution < -0.4 is 27.4 Å². The third kappa shape index (κ3) is 9.41. The van der Waals surface area contributed by atoms with Gasteiger partial charge in [0, 0.05) is 23.5 Å². The lowest BCUT2D eigenvalue weighted by atomic mass is 10.0. The number of aromatic amines is 1. The monoisotopic (exact) mass is 546 g/mol. The molecule has 0 saturated heterocycles. The van der Waals surface area contributed by atoms with Gasteiger partial charge in [0.05, 0.1) is 18.9 Å². The molecule has 0 aliphatic rings.